The van der Waals surface area contributed by atoms with Crippen LogP contribution in [0.4, 0.5) is 10.2 Å². The number of nitrogens with two attached hydrogens (primary N) is 1. The van der Waals surface area contributed by atoms with Gasteiger partial charge in [0.1, 0.15) is 17.3 Å². The van der Waals surface area contributed by atoms with Crippen LogP contribution in [0.2, 0.25) is 0 Å². The highest BCUT2D eigenvalue weighted by molar-refractivity contribution is 5.69. The van der Waals surface area contributed by atoms with Gasteiger partial charge in [-0.1, -0.05) is 17.3 Å². The molecule has 2 N–H and O–H groups in total. The Kier molecular flexibility index (Phi) is 2.37. The van der Waals surface area contributed by atoms with Gasteiger partial charge in [0.2, 0.25) is 0 Å². The molecule has 0 saturated carbocycles. The van der Waals surface area contributed by atoms with Gasteiger partial charge in [0.05, 0.1) is 0 Å². The molecule has 0 aliphatic heterocycles. The lowest BCUT2D eigenvalue weighted by atomic mass is 10.1. The second-order valence-electron chi connectivity index (χ2n) is 3.15. The molecule has 2 aromatic rings. The average molecular weight is 206 g/mol. The summed E-state index contributed by atoms with van der Waals surface area (Å²) >= 11 is 0. The maximum Gasteiger partial charge on any atom is 0.150 e. The Balaban J connectivity index is 2.49. The molecule has 0 radical (unpaired) electrons. The lowest BCUT2D eigenvalue weighted by molar-refractivity contribution is 0.628. The molecule has 0 unspecified atom stereocenters. The Morgan fingerprint density at radius 2 is 2.27 bits per heavy atom. The number of halogens is 1. The zero-order valence-corrected chi connectivity index (χ0v) is 8.31. The van der Waals surface area contributed by atoms with Crippen LogP contribution < -0.4 is 5.73 Å². The number of aromatic nitrogens is 3. The van der Waals surface area contributed by atoms with Crippen molar-refractivity contribution >= 4 is 5.82 Å². The van der Waals surface area contributed by atoms with Crippen molar-refractivity contribution in [3.05, 3.63) is 30.1 Å². The molecule has 5 heteroatoms. The monoisotopic (exact) mass is 206 g/mol. The molecular weight excluding hydrogens is 195 g/mol. The molecule has 0 fully saturated rings. The minimum absolute atomic E-state index is 0.307. The lowest BCUT2D eigenvalue weighted by Gasteiger charge is -1.99. The molecular formula is C10H11FN4. The molecule has 1 aromatic carbocycles. The van der Waals surface area contributed by atoms with Gasteiger partial charge in [-0.15, -0.1) is 5.10 Å². The van der Waals surface area contributed by atoms with E-state index in [1.807, 2.05) is 6.92 Å². The van der Waals surface area contributed by atoms with E-state index in [1.54, 1.807) is 16.8 Å². The van der Waals surface area contributed by atoms with Crippen LogP contribution in [0.5, 0.6) is 0 Å². The number of nitrogen functional groups attached to an aromatic ring is 1. The summed E-state index contributed by atoms with van der Waals surface area (Å²) in [5.74, 6) is 0.154. The molecule has 0 spiro atoms. The minimum Gasteiger partial charge on any atom is -0.382 e. The third kappa shape index (κ3) is 1.68. The smallest absolute Gasteiger partial charge is 0.150 e. The summed E-state index contributed by atoms with van der Waals surface area (Å²) in [5.41, 5.74) is 6.98. The first-order valence-corrected chi connectivity index (χ1v) is 4.67. The van der Waals surface area contributed by atoms with Crippen LogP contribution in [0.25, 0.3) is 11.3 Å². The van der Waals surface area contributed by atoms with E-state index in [9.17, 15) is 4.39 Å². The van der Waals surface area contributed by atoms with Crippen molar-refractivity contribution in [3.63, 3.8) is 0 Å². The number of nitrogens with zero attached hydrogens (tertiary/aromatic N) is 3. The van der Waals surface area contributed by atoms with E-state index in [2.05, 4.69) is 10.3 Å². The second kappa shape index (κ2) is 3.68. The number of rotatable bonds is 2. The number of benzene rings is 1. The second-order valence-corrected chi connectivity index (χ2v) is 3.15. The maximum atomic E-state index is 13.0. The van der Waals surface area contributed by atoms with Crippen molar-refractivity contribution in [2.75, 3.05) is 5.73 Å². The Morgan fingerprint density at radius 3 is 2.87 bits per heavy atom. The number of hydrogen-bond donors (Lipinski definition) is 1. The predicted molar refractivity (Wildman–Crippen MR) is 55.5 cm³/mol. The zero-order valence-electron chi connectivity index (χ0n) is 8.31. The van der Waals surface area contributed by atoms with E-state index in [-0.39, 0.29) is 5.82 Å². The van der Waals surface area contributed by atoms with E-state index in [1.165, 1.54) is 12.1 Å². The Labute approximate surface area is 86.5 Å². The fourth-order valence-corrected chi connectivity index (χ4v) is 1.40. The standard InChI is InChI=1S/C10H11FN4/c1-2-15-10(12)9(13-14-15)7-4-3-5-8(11)6-7/h3-6H,2,12H2,1H3. The molecule has 1 aromatic heterocycles. The van der Waals surface area contributed by atoms with Crippen molar-refractivity contribution in [2.45, 2.75) is 13.5 Å². The summed E-state index contributed by atoms with van der Waals surface area (Å²) in [5, 5.41) is 7.78. The van der Waals surface area contributed by atoms with Crippen LogP contribution in [0, 0.1) is 5.82 Å². The van der Waals surface area contributed by atoms with Gasteiger partial charge in [0, 0.05) is 12.1 Å². The molecule has 0 bridgehead atoms. The van der Waals surface area contributed by atoms with Gasteiger partial charge in [0.25, 0.3) is 0 Å². The van der Waals surface area contributed by atoms with Crippen LogP contribution in [0.1, 0.15) is 6.92 Å². The molecule has 0 aliphatic rings. The Hall–Kier alpha value is -1.91. The van der Waals surface area contributed by atoms with Crippen LogP contribution >= 0.6 is 0 Å². The summed E-state index contributed by atoms with van der Waals surface area (Å²) in [7, 11) is 0. The van der Waals surface area contributed by atoms with Crippen LogP contribution in [0.3, 0.4) is 0 Å². The SMILES string of the molecule is CCn1nnc(-c2cccc(F)c2)c1N. The fourth-order valence-electron chi connectivity index (χ4n) is 1.40. The van der Waals surface area contributed by atoms with Gasteiger partial charge < -0.3 is 5.73 Å². The maximum absolute atomic E-state index is 13.0. The first-order chi connectivity index (χ1) is 7.22. The molecule has 0 amide bonds. The van der Waals surface area contributed by atoms with Crippen molar-refractivity contribution in [1.29, 1.82) is 0 Å². The van der Waals surface area contributed by atoms with E-state index < -0.39 is 0 Å². The average Bonchev–Trinajstić information content (AvgIpc) is 2.59. The first-order valence-electron chi connectivity index (χ1n) is 4.67. The quantitative estimate of drug-likeness (QED) is 0.813. The van der Waals surface area contributed by atoms with Crippen molar-refractivity contribution < 1.29 is 4.39 Å². The predicted octanol–water partition coefficient (Wildman–Crippen LogP) is 1.69. The summed E-state index contributed by atoms with van der Waals surface area (Å²) in [4.78, 5) is 0. The van der Waals surface area contributed by atoms with Gasteiger partial charge in [-0.05, 0) is 19.1 Å². The number of anilines is 1. The van der Waals surface area contributed by atoms with E-state index in [4.69, 9.17) is 5.73 Å². The number of hydrogen-bond acceptors (Lipinski definition) is 3. The first kappa shape index (κ1) is 9.64. The molecule has 0 atom stereocenters. The Morgan fingerprint density at radius 1 is 1.47 bits per heavy atom. The van der Waals surface area contributed by atoms with Gasteiger partial charge in [0.15, 0.2) is 0 Å². The largest absolute Gasteiger partial charge is 0.382 e. The number of aryl methyl sites for hydroxylation is 1. The normalized spacial score (nSPS) is 10.5. The lowest BCUT2D eigenvalue weighted by Crippen LogP contribution is -2.02. The summed E-state index contributed by atoms with van der Waals surface area (Å²) in [6.07, 6.45) is 0. The molecule has 2 rings (SSSR count). The van der Waals surface area contributed by atoms with Crippen molar-refractivity contribution in [1.82, 2.24) is 15.0 Å². The molecule has 1 heterocycles. The summed E-state index contributed by atoms with van der Waals surface area (Å²) < 4.78 is 14.5. The minimum atomic E-state index is -0.307. The fraction of sp³-hybridized carbons (Fsp3) is 0.200. The van der Waals surface area contributed by atoms with Crippen molar-refractivity contribution in [2.24, 2.45) is 0 Å². The highest BCUT2D eigenvalue weighted by atomic mass is 19.1. The molecule has 78 valence electrons. The molecule has 15 heavy (non-hydrogen) atoms. The van der Waals surface area contributed by atoms with E-state index in [0.717, 1.165) is 0 Å². The molecule has 4 nitrogen and oxygen atoms in total. The molecule has 0 saturated heterocycles. The van der Waals surface area contributed by atoms with Crippen LogP contribution in [0.15, 0.2) is 24.3 Å². The third-order valence-corrected chi connectivity index (χ3v) is 2.17. The highest BCUT2D eigenvalue weighted by Crippen LogP contribution is 2.23. The van der Waals surface area contributed by atoms with Crippen LogP contribution in [-0.2, 0) is 6.54 Å². The van der Waals surface area contributed by atoms with Gasteiger partial charge in [-0.2, -0.15) is 0 Å². The topological polar surface area (TPSA) is 56.7 Å². The summed E-state index contributed by atoms with van der Waals surface area (Å²) in [6, 6.07) is 6.14. The van der Waals surface area contributed by atoms with Gasteiger partial charge in [-0.25, -0.2) is 9.07 Å². The van der Waals surface area contributed by atoms with Gasteiger partial charge in [-0.3, -0.25) is 0 Å². The van der Waals surface area contributed by atoms with Crippen molar-refractivity contribution in [3.8, 4) is 11.3 Å². The Bertz CT molecular complexity index is 478. The third-order valence-electron chi connectivity index (χ3n) is 2.17. The van der Waals surface area contributed by atoms with Gasteiger partial charge >= 0.3 is 0 Å². The van der Waals surface area contributed by atoms with E-state index in [0.29, 0.717) is 23.6 Å². The zero-order chi connectivity index (χ0) is 10.8. The highest BCUT2D eigenvalue weighted by Gasteiger charge is 2.10. The van der Waals surface area contributed by atoms with E-state index >= 15 is 0 Å². The van der Waals surface area contributed by atoms with Crippen LogP contribution in [-0.4, -0.2) is 15.0 Å². The summed E-state index contributed by atoms with van der Waals surface area (Å²) in [6.45, 7) is 2.56. The molecule has 0 aliphatic carbocycles.